The number of esters is 1. The van der Waals surface area contributed by atoms with E-state index in [0.717, 1.165) is 16.5 Å². The van der Waals surface area contributed by atoms with Crippen molar-refractivity contribution >= 4 is 17.7 Å². The van der Waals surface area contributed by atoms with Gasteiger partial charge < -0.3 is 13.7 Å². The number of rotatable bonds is 3. The largest absolute Gasteiger partial charge is 0.472 e. The summed E-state index contributed by atoms with van der Waals surface area (Å²) in [6.07, 6.45) is 3.65. The van der Waals surface area contributed by atoms with E-state index < -0.39 is 0 Å². The fourth-order valence-electron chi connectivity index (χ4n) is 1.77. The van der Waals surface area contributed by atoms with Crippen molar-refractivity contribution in [3.63, 3.8) is 0 Å². The van der Waals surface area contributed by atoms with Crippen LogP contribution in [0.4, 0.5) is 0 Å². The fraction of sp³-hybridized carbons (Fsp3) is 0.364. The average molecular weight is 265 g/mol. The third kappa shape index (κ3) is 2.01. The van der Waals surface area contributed by atoms with Gasteiger partial charge in [-0.3, -0.25) is 4.79 Å². The molecule has 0 aromatic carbocycles. The Balaban J connectivity index is 1.80. The van der Waals surface area contributed by atoms with Gasteiger partial charge in [0.2, 0.25) is 0 Å². The monoisotopic (exact) mass is 265 g/mol. The highest BCUT2D eigenvalue weighted by Crippen LogP contribution is 2.29. The quantitative estimate of drug-likeness (QED) is 0.783. The van der Waals surface area contributed by atoms with Gasteiger partial charge in [-0.25, -0.2) is 0 Å². The molecule has 1 saturated heterocycles. The molecule has 3 rings (SSSR count). The maximum absolute atomic E-state index is 11.0. The molecule has 0 bridgehead atoms. The highest BCUT2D eigenvalue weighted by molar-refractivity contribution is 7.99. The molecule has 1 fully saturated rings. The summed E-state index contributed by atoms with van der Waals surface area (Å²) in [6.45, 7) is 0.442. The molecule has 0 aliphatic carbocycles. The van der Waals surface area contributed by atoms with Gasteiger partial charge in [-0.1, -0.05) is 11.8 Å². The van der Waals surface area contributed by atoms with E-state index in [0.29, 0.717) is 13.0 Å². The van der Waals surface area contributed by atoms with Crippen LogP contribution < -0.4 is 0 Å². The van der Waals surface area contributed by atoms with Crippen LogP contribution in [0.2, 0.25) is 0 Å². The Kier molecular flexibility index (Phi) is 2.83. The molecule has 1 aliphatic heterocycles. The van der Waals surface area contributed by atoms with Crippen LogP contribution in [-0.4, -0.2) is 32.6 Å². The molecule has 1 aliphatic rings. The van der Waals surface area contributed by atoms with Gasteiger partial charge in [-0.05, 0) is 6.07 Å². The maximum Gasteiger partial charge on any atom is 0.307 e. The molecule has 0 saturated carbocycles. The highest BCUT2D eigenvalue weighted by Gasteiger charge is 2.26. The Morgan fingerprint density at radius 2 is 2.39 bits per heavy atom. The van der Waals surface area contributed by atoms with Crippen molar-refractivity contribution in [1.29, 1.82) is 0 Å². The molecule has 0 N–H and O–H groups in total. The Labute approximate surface area is 107 Å². The predicted octanol–water partition coefficient (Wildman–Crippen LogP) is 1.48. The SMILES string of the molecule is Cn1c(SC2COC(=O)C2)nnc1-c1ccoc1. The summed E-state index contributed by atoms with van der Waals surface area (Å²) in [5, 5.41) is 9.15. The van der Waals surface area contributed by atoms with Crippen molar-refractivity contribution in [3.8, 4) is 11.4 Å². The minimum Gasteiger partial charge on any atom is -0.472 e. The van der Waals surface area contributed by atoms with Crippen LogP contribution in [-0.2, 0) is 16.6 Å². The minimum absolute atomic E-state index is 0.123. The lowest BCUT2D eigenvalue weighted by atomic mass is 10.3. The summed E-state index contributed by atoms with van der Waals surface area (Å²) in [5.74, 6) is 0.598. The predicted molar refractivity (Wildman–Crippen MR) is 63.9 cm³/mol. The van der Waals surface area contributed by atoms with E-state index in [4.69, 9.17) is 9.15 Å². The molecule has 18 heavy (non-hydrogen) atoms. The van der Waals surface area contributed by atoms with Gasteiger partial charge in [0, 0.05) is 7.05 Å². The van der Waals surface area contributed by atoms with E-state index in [9.17, 15) is 4.79 Å². The summed E-state index contributed by atoms with van der Waals surface area (Å²) in [5.41, 5.74) is 0.885. The van der Waals surface area contributed by atoms with Gasteiger partial charge in [0.25, 0.3) is 0 Å². The van der Waals surface area contributed by atoms with Crippen LogP contribution in [0.15, 0.2) is 28.2 Å². The Hall–Kier alpha value is -1.76. The number of thioether (sulfide) groups is 1. The number of hydrogen-bond donors (Lipinski definition) is 0. The van der Waals surface area contributed by atoms with Crippen molar-refractivity contribution in [2.45, 2.75) is 16.8 Å². The summed E-state index contributed by atoms with van der Waals surface area (Å²) in [4.78, 5) is 11.0. The van der Waals surface area contributed by atoms with Crippen LogP contribution in [0, 0.1) is 0 Å². The number of ether oxygens (including phenoxy) is 1. The topological polar surface area (TPSA) is 70.2 Å². The molecule has 1 unspecified atom stereocenters. The van der Waals surface area contributed by atoms with Gasteiger partial charge in [0.1, 0.15) is 12.9 Å². The molecule has 3 heterocycles. The van der Waals surface area contributed by atoms with E-state index in [1.165, 1.54) is 11.8 Å². The molecular formula is C11H11N3O3S. The van der Waals surface area contributed by atoms with Crippen molar-refractivity contribution in [2.75, 3.05) is 6.61 Å². The number of furan rings is 1. The normalized spacial score (nSPS) is 19.2. The minimum atomic E-state index is -0.148. The summed E-state index contributed by atoms with van der Waals surface area (Å²) < 4.78 is 11.8. The molecule has 0 amide bonds. The zero-order valence-electron chi connectivity index (χ0n) is 9.70. The van der Waals surface area contributed by atoms with Crippen LogP contribution in [0.3, 0.4) is 0 Å². The van der Waals surface area contributed by atoms with Crippen molar-refractivity contribution < 1.29 is 13.9 Å². The van der Waals surface area contributed by atoms with Gasteiger partial charge in [-0.2, -0.15) is 0 Å². The van der Waals surface area contributed by atoms with Crippen LogP contribution in [0.1, 0.15) is 6.42 Å². The molecule has 6 nitrogen and oxygen atoms in total. The first kappa shape index (κ1) is 11.3. The lowest BCUT2D eigenvalue weighted by Crippen LogP contribution is -2.03. The second-order valence-corrected chi connectivity index (χ2v) is 5.27. The molecular weight excluding hydrogens is 254 g/mol. The van der Waals surface area contributed by atoms with Crippen LogP contribution in [0.5, 0.6) is 0 Å². The molecule has 2 aromatic heterocycles. The summed E-state index contributed by atoms with van der Waals surface area (Å²) >= 11 is 1.51. The number of carbonyl (C=O) groups is 1. The lowest BCUT2D eigenvalue weighted by molar-refractivity contribution is -0.137. The van der Waals surface area contributed by atoms with Crippen molar-refractivity contribution in [3.05, 3.63) is 18.6 Å². The number of nitrogens with zero attached hydrogens (tertiary/aromatic N) is 3. The van der Waals surface area contributed by atoms with E-state index in [1.54, 1.807) is 12.5 Å². The number of carbonyl (C=O) groups excluding carboxylic acids is 1. The van der Waals surface area contributed by atoms with E-state index in [-0.39, 0.29) is 11.2 Å². The second kappa shape index (κ2) is 4.49. The smallest absolute Gasteiger partial charge is 0.307 e. The molecule has 94 valence electrons. The Morgan fingerprint density at radius 1 is 1.50 bits per heavy atom. The van der Waals surface area contributed by atoms with Gasteiger partial charge in [0.05, 0.1) is 23.5 Å². The molecule has 0 radical (unpaired) electrons. The summed E-state index contributed by atoms with van der Waals surface area (Å²) in [7, 11) is 1.89. The number of hydrogen-bond acceptors (Lipinski definition) is 6. The molecule has 0 spiro atoms. The summed E-state index contributed by atoms with van der Waals surface area (Å²) in [6, 6.07) is 1.83. The molecule has 1 atom stereocenters. The Morgan fingerprint density at radius 3 is 3.06 bits per heavy atom. The van der Waals surface area contributed by atoms with Crippen molar-refractivity contribution in [1.82, 2.24) is 14.8 Å². The number of cyclic esters (lactones) is 1. The van der Waals surface area contributed by atoms with Gasteiger partial charge in [0.15, 0.2) is 11.0 Å². The number of aromatic nitrogens is 3. The Bertz CT molecular complexity index is 564. The fourth-order valence-corrected chi connectivity index (χ4v) is 2.76. The van der Waals surface area contributed by atoms with E-state index >= 15 is 0 Å². The van der Waals surface area contributed by atoms with Crippen LogP contribution in [0.25, 0.3) is 11.4 Å². The van der Waals surface area contributed by atoms with Gasteiger partial charge >= 0.3 is 5.97 Å². The highest BCUT2D eigenvalue weighted by atomic mass is 32.2. The van der Waals surface area contributed by atoms with Crippen LogP contribution >= 0.6 is 11.8 Å². The average Bonchev–Trinajstić information content (AvgIpc) is 3.04. The zero-order chi connectivity index (χ0) is 12.5. The molecule has 7 heteroatoms. The molecule has 2 aromatic rings. The van der Waals surface area contributed by atoms with E-state index in [1.807, 2.05) is 17.7 Å². The second-order valence-electron chi connectivity index (χ2n) is 4.00. The third-order valence-corrected chi connectivity index (χ3v) is 3.91. The first-order valence-electron chi connectivity index (χ1n) is 5.48. The first-order valence-corrected chi connectivity index (χ1v) is 6.36. The van der Waals surface area contributed by atoms with Gasteiger partial charge in [-0.15, -0.1) is 10.2 Å². The first-order chi connectivity index (χ1) is 8.74. The lowest BCUT2D eigenvalue weighted by Gasteiger charge is -2.05. The third-order valence-electron chi connectivity index (χ3n) is 2.71. The zero-order valence-corrected chi connectivity index (χ0v) is 10.5. The van der Waals surface area contributed by atoms with Crippen molar-refractivity contribution in [2.24, 2.45) is 7.05 Å². The van der Waals surface area contributed by atoms with E-state index in [2.05, 4.69) is 10.2 Å². The standard InChI is InChI=1S/C11H11N3O3S/c1-14-10(7-2-3-16-5-7)12-13-11(14)18-8-4-9(15)17-6-8/h2-3,5,8H,4,6H2,1H3. The maximum atomic E-state index is 11.0.